The summed E-state index contributed by atoms with van der Waals surface area (Å²) in [7, 11) is -3.67. The van der Waals surface area contributed by atoms with Crippen LogP contribution in [0.4, 0.5) is 5.69 Å². The molecule has 0 bridgehead atoms. The lowest BCUT2D eigenvalue weighted by Gasteiger charge is -2.31. The van der Waals surface area contributed by atoms with Crippen molar-refractivity contribution < 1.29 is 13.2 Å². The van der Waals surface area contributed by atoms with Gasteiger partial charge in [0.2, 0.25) is 15.9 Å². The second-order valence-corrected chi connectivity index (χ2v) is 9.14. The first kappa shape index (κ1) is 22.2. The van der Waals surface area contributed by atoms with Crippen molar-refractivity contribution in [2.45, 2.75) is 45.7 Å². The fourth-order valence-electron chi connectivity index (χ4n) is 3.14. The van der Waals surface area contributed by atoms with Crippen LogP contribution in [0.25, 0.3) is 0 Å². The molecule has 2 aromatic carbocycles. The largest absolute Gasteiger partial charge is 0.347 e. The molecule has 0 spiro atoms. The number of carbonyl (C=O) groups is 1. The third kappa shape index (κ3) is 5.49. The van der Waals surface area contributed by atoms with Crippen molar-refractivity contribution in [2.75, 3.05) is 10.6 Å². The summed E-state index contributed by atoms with van der Waals surface area (Å²) in [5, 5.41) is 3.52. The number of hydrogen-bond donors (Lipinski definition) is 1. The van der Waals surface area contributed by atoms with Crippen LogP contribution in [0, 0.1) is 6.92 Å². The second-order valence-electron chi connectivity index (χ2n) is 6.84. The molecule has 0 unspecified atom stereocenters. The van der Waals surface area contributed by atoms with Crippen LogP contribution in [0.3, 0.4) is 0 Å². The van der Waals surface area contributed by atoms with Crippen molar-refractivity contribution in [3.05, 3.63) is 64.7 Å². The van der Waals surface area contributed by atoms with Gasteiger partial charge in [-0.25, -0.2) is 8.42 Å². The molecule has 7 heteroatoms. The highest BCUT2D eigenvalue weighted by Crippen LogP contribution is 2.25. The predicted molar refractivity (Wildman–Crippen MR) is 115 cm³/mol. The molecule has 1 amide bonds. The zero-order chi connectivity index (χ0) is 20.9. The first-order chi connectivity index (χ1) is 13.2. The molecule has 2 rings (SSSR count). The van der Waals surface area contributed by atoms with Crippen LogP contribution in [0.1, 0.15) is 43.9 Å². The van der Waals surface area contributed by atoms with Gasteiger partial charge in [0.25, 0.3) is 0 Å². The lowest BCUT2D eigenvalue weighted by atomic mass is 10.0. The van der Waals surface area contributed by atoms with Crippen molar-refractivity contribution in [2.24, 2.45) is 0 Å². The second kappa shape index (κ2) is 9.43. The van der Waals surface area contributed by atoms with Gasteiger partial charge in [0.05, 0.1) is 18.0 Å². The molecule has 1 N–H and O–H groups in total. The van der Waals surface area contributed by atoms with Crippen LogP contribution >= 0.6 is 11.6 Å². The highest BCUT2D eigenvalue weighted by atomic mass is 35.5. The van der Waals surface area contributed by atoms with E-state index in [1.54, 1.807) is 31.2 Å². The van der Waals surface area contributed by atoms with E-state index >= 15 is 0 Å². The van der Waals surface area contributed by atoms with Crippen LogP contribution < -0.4 is 9.62 Å². The molecule has 0 aromatic heterocycles. The molecule has 2 aromatic rings. The maximum Gasteiger partial charge on any atom is 0.244 e. The van der Waals surface area contributed by atoms with E-state index in [0.717, 1.165) is 17.4 Å². The number of aryl methyl sites for hydroxylation is 1. The van der Waals surface area contributed by atoms with Crippen molar-refractivity contribution in [1.29, 1.82) is 0 Å². The van der Waals surface area contributed by atoms with E-state index in [4.69, 9.17) is 11.6 Å². The number of rotatable bonds is 8. The Morgan fingerprint density at radius 1 is 1.04 bits per heavy atom. The number of benzene rings is 2. The zero-order valence-electron chi connectivity index (χ0n) is 16.6. The Morgan fingerprint density at radius 2 is 1.61 bits per heavy atom. The van der Waals surface area contributed by atoms with E-state index in [-0.39, 0.29) is 11.9 Å². The summed E-state index contributed by atoms with van der Waals surface area (Å²) < 4.78 is 26.2. The summed E-state index contributed by atoms with van der Waals surface area (Å²) in [6, 6.07) is 13.4. The topological polar surface area (TPSA) is 66.5 Å². The molecule has 5 nitrogen and oxygen atoms in total. The van der Waals surface area contributed by atoms with E-state index in [0.29, 0.717) is 23.6 Å². The Kier molecular flexibility index (Phi) is 7.49. The number of nitrogens with zero attached hydrogens (tertiary/aromatic N) is 1. The summed E-state index contributed by atoms with van der Waals surface area (Å²) in [5.41, 5.74) is 2.55. The molecule has 0 aliphatic carbocycles. The minimum Gasteiger partial charge on any atom is -0.347 e. The Balaban J connectivity index is 2.32. The van der Waals surface area contributed by atoms with Gasteiger partial charge in [-0.05, 0) is 49.6 Å². The van der Waals surface area contributed by atoms with Crippen LogP contribution in [0.2, 0.25) is 5.02 Å². The number of sulfonamides is 1. The fraction of sp³-hybridized carbons (Fsp3) is 0.381. The molecule has 0 aliphatic heterocycles. The maximum absolute atomic E-state index is 13.1. The molecular weight excluding hydrogens is 396 g/mol. The Morgan fingerprint density at radius 3 is 2.07 bits per heavy atom. The van der Waals surface area contributed by atoms with Crippen molar-refractivity contribution in [3.63, 3.8) is 0 Å². The van der Waals surface area contributed by atoms with Crippen LogP contribution in [0.5, 0.6) is 0 Å². The molecule has 2 atom stereocenters. The van der Waals surface area contributed by atoms with Gasteiger partial charge in [0, 0.05) is 5.02 Å². The van der Waals surface area contributed by atoms with Gasteiger partial charge in [0.15, 0.2) is 0 Å². The van der Waals surface area contributed by atoms with Crippen LogP contribution in [0.15, 0.2) is 48.5 Å². The average Bonchev–Trinajstić information content (AvgIpc) is 2.64. The van der Waals surface area contributed by atoms with Gasteiger partial charge < -0.3 is 5.32 Å². The lowest BCUT2D eigenvalue weighted by Crippen LogP contribution is -2.50. The molecular formula is C21H27ClN2O3S. The SMILES string of the molecule is CC[C@H](C(=O)N[C@H](CC)c1ccc(C)cc1)N(c1ccc(Cl)cc1)S(C)(=O)=O. The van der Waals surface area contributed by atoms with Gasteiger partial charge in [-0.2, -0.15) is 0 Å². The predicted octanol–water partition coefficient (Wildman–Crippen LogP) is 4.46. The first-order valence-electron chi connectivity index (χ1n) is 9.29. The number of amides is 1. The normalized spacial score (nSPS) is 13.6. The summed E-state index contributed by atoms with van der Waals surface area (Å²) in [4.78, 5) is 13.1. The molecule has 0 saturated carbocycles. The molecule has 0 heterocycles. The van der Waals surface area contributed by atoms with Gasteiger partial charge in [0.1, 0.15) is 6.04 Å². The van der Waals surface area contributed by atoms with Crippen LogP contribution in [-0.2, 0) is 14.8 Å². The van der Waals surface area contributed by atoms with Gasteiger partial charge in [-0.1, -0.05) is 55.3 Å². The summed E-state index contributed by atoms with van der Waals surface area (Å²) in [5.74, 6) is -0.324. The summed E-state index contributed by atoms with van der Waals surface area (Å²) in [6.45, 7) is 5.79. The standard InChI is InChI=1S/C21H27ClN2O3S/c1-5-19(16-9-7-15(3)8-10-16)23-21(25)20(6-2)24(28(4,26)27)18-13-11-17(22)12-14-18/h7-14,19-20H,5-6H2,1-4H3,(H,23,25)/t19-,20-/m1/s1. The highest BCUT2D eigenvalue weighted by Gasteiger charge is 2.32. The quantitative estimate of drug-likeness (QED) is 0.682. The molecule has 152 valence electrons. The lowest BCUT2D eigenvalue weighted by molar-refractivity contribution is -0.123. The molecule has 28 heavy (non-hydrogen) atoms. The van der Waals surface area contributed by atoms with Crippen molar-refractivity contribution >= 4 is 33.2 Å². The number of halogens is 1. The van der Waals surface area contributed by atoms with E-state index < -0.39 is 16.1 Å². The zero-order valence-corrected chi connectivity index (χ0v) is 18.2. The number of nitrogens with one attached hydrogen (secondary N) is 1. The third-order valence-corrected chi connectivity index (χ3v) is 6.05. The summed E-state index contributed by atoms with van der Waals surface area (Å²) in [6.07, 6.45) is 2.14. The first-order valence-corrected chi connectivity index (χ1v) is 11.5. The minimum atomic E-state index is -3.67. The highest BCUT2D eigenvalue weighted by molar-refractivity contribution is 7.92. The Labute approximate surface area is 172 Å². The average molecular weight is 423 g/mol. The smallest absolute Gasteiger partial charge is 0.244 e. The van der Waals surface area contributed by atoms with Gasteiger partial charge in [-0.15, -0.1) is 0 Å². The van der Waals surface area contributed by atoms with E-state index in [1.807, 2.05) is 38.1 Å². The van der Waals surface area contributed by atoms with E-state index in [2.05, 4.69) is 5.32 Å². The molecule has 0 saturated heterocycles. The van der Waals surface area contributed by atoms with Gasteiger partial charge in [-0.3, -0.25) is 9.10 Å². The fourth-order valence-corrected chi connectivity index (χ4v) is 4.47. The maximum atomic E-state index is 13.1. The molecule has 0 fully saturated rings. The number of anilines is 1. The van der Waals surface area contributed by atoms with Crippen molar-refractivity contribution in [3.8, 4) is 0 Å². The van der Waals surface area contributed by atoms with Crippen molar-refractivity contribution in [1.82, 2.24) is 5.32 Å². The minimum absolute atomic E-state index is 0.186. The van der Waals surface area contributed by atoms with E-state index in [1.165, 1.54) is 4.31 Å². The van der Waals surface area contributed by atoms with Gasteiger partial charge >= 0.3 is 0 Å². The third-order valence-electron chi connectivity index (χ3n) is 4.62. The number of hydrogen-bond acceptors (Lipinski definition) is 3. The Bertz CT molecular complexity index is 896. The molecule has 0 radical (unpaired) electrons. The summed E-state index contributed by atoms with van der Waals surface area (Å²) >= 11 is 5.93. The number of carbonyl (C=O) groups excluding carboxylic acids is 1. The van der Waals surface area contributed by atoms with E-state index in [9.17, 15) is 13.2 Å². The van der Waals surface area contributed by atoms with Crippen LogP contribution in [-0.4, -0.2) is 26.6 Å². The molecule has 0 aliphatic rings. The Hall–Kier alpha value is -2.05. The monoisotopic (exact) mass is 422 g/mol.